The van der Waals surface area contributed by atoms with E-state index in [1.165, 1.54) is 6.42 Å². The predicted molar refractivity (Wildman–Crippen MR) is 59.4 cm³/mol. The maximum atomic E-state index is 9.28. The average Bonchev–Trinajstić information content (AvgIpc) is 2.15. The van der Waals surface area contributed by atoms with Crippen molar-refractivity contribution in [3.05, 3.63) is 0 Å². The molecule has 1 heterocycles. The van der Waals surface area contributed by atoms with Gasteiger partial charge >= 0.3 is 0 Å². The largest absolute Gasteiger partial charge is 0.395 e. The molecule has 1 fully saturated rings. The summed E-state index contributed by atoms with van der Waals surface area (Å²) in [4.78, 5) is 4.73. The fourth-order valence-corrected chi connectivity index (χ4v) is 1.94. The number of rotatable bonds is 4. The Balaban J connectivity index is 2.34. The molecule has 1 aliphatic rings. The van der Waals surface area contributed by atoms with Crippen LogP contribution in [0.25, 0.3) is 0 Å². The van der Waals surface area contributed by atoms with Crippen LogP contribution in [-0.2, 0) is 0 Å². The summed E-state index contributed by atoms with van der Waals surface area (Å²) in [7, 11) is 2.13. The molecule has 3 nitrogen and oxygen atoms in total. The van der Waals surface area contributed by atoms with Gasteiger partial charge in [0.25, 0.3) is 0 Å². The van der Waals surface area contributed by atoms with Crippen LogP contribution < -0.4 is 0 Å². The van der Waals surface area contributed by atoms with Crippen molar-refractivity contribution in [2.45, 2.75) is 26.3 Å². The number of likely N-dealkylation sites (N-methyl/N-ethyl adjacent to an activating group) is 1. The molecular weight excluding hydrogens is 176 g/mol. The third-order valence-corrected chi connectivity index (χ3v) is 3.01. The van der Waals surface area contributed by atoms with E-state index < -0.39 is 0 Å². The van der Waals surface area contributed by atoms with Crippen molar-refractivity contribution < 1.29 is 5.11 Å². The van der Waals surface area contributed by atoms with Crippen LogP contribution >= 0.6 is 0 Å². The molecule has 1 unspecified atom stereocenters. The minimum absolute atomic E-state index is 0.294. The first-order valence-electron chi connectivity index (χ1n) is 5.67. The Hall–Kier alpha value is -0.120. The maximum Gasteiger partial charge on any atom is 0.0599 e. The Labute approximate surface area is 87.7 Å². The van der Waals surface area contributed by atoms with Crippen molar-refractivity contribution in [2.75, 3.05) is 39.8 Å². The summed E-state index contributed by atoms with van der Waals surface area (Å²) in [5.74, 6) is 0.758. The van der Waals surface area contributed by atoms with Crippen LogP contribution in [0.3, 0.4) is 0 Å². The van der Waals surface area contributed by atoms with E-state index >= 15 is 0 Å². The Morgan fingerprint density at radius 2 is 2.07 bits per heavy atom. The molecule has 0 spiro atoms. The molecule has 0 saturated carbocycles. The van der Waals surface area contributed by atoms with Crippen LogP contribution in [0.1, 0.15) is 20.3 Å². The highest BCUT2D eigenvalue weighted by Crippen LogP contribution is 2.10. The molecule has 3 heteroatoms. The zero-order chi connectivity index (χ0) is 10.6. The highest BCUT2D eigenvalue weighted by molar-refractivity contribution is 4.80. The maximum absolute atomic E-state index is 9.28. The Kier molecular flexibility index (Phi) is 4.85. The van der Waals surface area contributed by atoms with Gasteiger partial charge in [0.15, 0.2) is 0 Å². The lowest BCUT2D eigenvalue weighted by Gasteiger charge is -2.39. The summed E-state index contributed by atoms with van der Waals surface area (Å²) in [5.41, 5.74) is 0. The minimum Gasteiger partial charge on any atom is -0.395 e. The summed E-state index contributed by atoms with van der Waals surface area (Å²) in [5, 5.41) is 9.28. The molecule has 0 amide bonds. The topological polar surface area (TPSA) is 26.7 Å². The molecule has 84 valence electrons. The normalized spacial score (nSPS) is 25.9. The van der Waals surface area contributed by atoms with E-state index in [9.17, 15) is 5.11 Å². The van der Waals surface area contributed by atoms with Crippen molar-refractivity contribution in [2.24, 2.45) is 5.92 Å². The van der Waals surface area contributed by atoms with Crippen LogP contribution in [0.2, 0.25) is 0 Å². The van der Waals surface area contributed by atoms with Gasteiger partial charge in [0.2, 0.25) is 0 Å². The predicted octanol–water partition coefficient (Wildman–Crippen LogP) is 0.641. The quantitative estimate of drug-likeness (QED) is 0.721. The molecule has 14 heavy (non-hydrogen) atoms. The van der Waals surface area contributed by atoms with Gasteiger partial charge in [-0.1, -0.05) is 13.8 Å². The number of hydrogen-bond donors (Lipinski definition) is 1. The Morgan fingerprint density at radius 3 is 2.64 bits per heavy atom. The molecule has 0 aromatic rings. The molecule has 1 saturated heterocycles. The summed E-state index contributed by atoms with van der Waals surface area (Å²) in [6, 6.07) is 0.354. The SMILES string of the molecule is CC(C)CCN1CCN(C)CC1CO. The van der Waals surface area contributed by atoms with E-state index in [0.717, 1.165) is 32.1 Å². The van der Waals surface area contributed by atoms with Crippen molar-refractivity contribution in [1.29, 1.82) is 0 Å². The summed E-state index contributed by atoms with van der Waals surface area (Å²) in [6.45, 7) is 9.19. The van der Waals surface area contributed by atoms with Crippen molar-refractivity contribution >= 4 is 0 Å². The first-order chi connectivity index (χ1) is 6.63. The highest BCUT2D eigenvalue weighted by atomic mass is 16.3. The number of aliphatic hydroxyl groups excluding tert-OH is 1. The minimum atomic E-state index is 0.294. The van der Waals surface area contributed by atoms with Crippen LogP contribution in [0.4, 0.5) is 0 Å². The zero-order valence-corrected chi connectivity index (χ0v) is 9.74. The van der Waals surface area contributed by atoms with E-state index in [4.69, 9.17) is 0 Å². The van der Waals surface area contributed by atoms with Crippen molar-refractivity contribution in [1.82, 2.24) is 9.80 Å². The highest BCUT2D eigenvalue weighted by Gasteiger charge is 2.23. The van der Waals surface area contributed by atoms with E-state index in [0.29, 0.717) is 12.6 Å². The number of nitrogens with zero attached hydrogens (tertiary/aromatic N) is 2. The van der Waals surface area contributed by atoms with Crippen LogP contribution in [0, 0.1) is 5.92 Å². The number of piperazine rings is 1. The third-order valence-electron chi connectivity index (χ3n) is 3.01. The van der Waals surface area contributed by atoms with Gasteiger partial charge in [0.05, 0.1) is 6.61 Å². The van der Waals surface area contributed by atoms with E-state index in [1.54, 1.807) is 0 Å². The average molecular weight is 200 g/mol. The Bertz CT molecular complexity index is 161. The molecule has 0 bridgehead atoms. The molecule has 0 aromatic carbocycles. The van der Waals surface area contributed by atoms with Gasteiger partial charge < -0.3 is 10.0 Å². The van der Waals surface area contributed by atoms with Gasteiger partial charge in [0.1, 0.15) is 0 Å². The smallest absolute Gasteiger partial charge is 0.0599 e. The standard InChI is InChI=1S/C11H24N2O/c1-10(2)4-5-13-7-6-12(3)8-11(13)9-14/h10-11,14H,4-9H2,1-3H3. The lowest BCUT2D eigenvalue weighted by atomic mass is 10.1. The molecule has 0 radical (unpaired) electrons. The fraction of sp³-hybridized carbons (Fsp3) is 1.00. The molecule has 0 aromatic heterocycles. The molecule has 1 rings (SSSR count). The summed E-state index contributed by atoms with van der Waals surface area (Å²) in [6.07, 6.45) is 1.24. The first kappa shape index (κ1) is 12.0. The van der Waals surface area contributed by atoms with E-state index in [-0.39, 0.29) is 0 Å². The monoisotopic (exact) mass is 200 g/mol. The second-order valence-corrected chi connectivity index (χ2v) is 4.82. The third kappa shape index (κ3) is 3.56. The second-order valence-electron chi connectivity index (χ2n) is 4.82. The molecular formula is C11H24N2O. The van der Waals surface area contributed by atoms with Crippen LogP contribution in [0.15, 0.2) is 0 Å². The zero-order valence-electron chi connectivity index (χ0n) is 9.74. The Morgan fingerprint density at radius 1 is 1.36 bits per heavy atom. The lowest BCUT2D eigenvalue weighted by molar-refractivity contribution is 0.0483. The van der Waals surface area contributed by atoms with Gasteiger partial charge in [-0.3, -0.25) is 4.90 Å². The molecule has 1 atom stereocenters. The summed E-state index contributed by atoms with van der Waals surface area (Å²) < 4.78 is 0. The van der Waals surface area contributed by atoms with Crippen molar-refractivity contribution in [3.63, 3.8) is 0 Å². The van der Waals surface area contributed by atoms with Gasteiger partial charge in [-0.15, -0.1) is 0 Å². The molecule has 1 aliphatic heterocycles. The van der Waals surface area contributed by atoms with E-state index in [1.807, 2.05) is 0 Å². The summed E-state index contributed by atoms with van der Waals surface area (Å²) >= 11 is 0. The van der Waals surface area contributed by atoms with Crippen LogP contribution in [-0.4, -0.2) is 60.8 Å². The first-order valence-corrected chi connectivity index (χ1v) is 5.67. The van der Waals surface area contributed by atoms with E-state index in [2.05, 4.69) is 30.7 Å². The van der Waals surface area contributed by atoms with Crippen LogP contribution in [0.5, 0.6) is 0 Å². The van der Waals surface area contributed by atoms with Gasteiger partial charge in [-0.25, -0.2) is 0 Å². The van der Waals surface area contributed by atoms with Gasteiger partial charge in [0, 0.05) is 25.7 Å². The lowest BCUT2D eigenvalue weighted by Crippen LogP contribution is -2.53. The van der Waals surface area contributed by atoms with Crippen molar-refractivity contribution in [3.8, 4) is 0 Å². The van der Waals surface area contributed by atoms with Gasteiger partial charge in [-0.05, 0) is 25.9 Å². The number of hydrogen-bond acceptors (Lipinski definition) is 3. The molecule has 1 N–H and O–H groups in total. The second kappa shape index (κ2) is 5.69. The van der Waals surface area contributed by atoms with Gasteiger partial charge in [-0.2, -0.15) is 0 Å². The fourth-order valence-electron chi connectivity index (χ4n) is 1.94. The number of aliphatic hydroxyl groups is 1. The molecule has 0 aliphatic carbocycles.